The van der Waals surface area contributed by atoms with Gasteiger partial charge in [-0.25, -0.2) is 0 Å². The normalized spacial score (nSPS) is 12.0. The highest BCUT2D eigenvalue weighted by atomic mass is 35.5. The molecule has 1 atom stereocenters. The van der Waals surface area contributed by atoms with Crippen LogP contribution in [0.2, 0.25) is 5.02 Å². The minimum absolute atomic E-state index is 0.294. The van der Waals surface area contributed by atoms with Crippen molar-refractivity contribution in [3.8, 4) is 16.9 Å². The Morgan fingerprint density at radius 1 is 0.960 bits per heavy atom. The second-order valence-corrected chi connectivity index (χ2v) is 6.49. The molecule has 3 aromatic carbocycles. The van der Waals surface area contributed by atoms with E-state index in [9.17, 15) is 0 Å². The van der Waals surface area contributed by atoms with Gasteiger partial charge in [-0.15, -0.1) is 0 Å². The molecule has 0 saturated carbocycles. The zero-order valence-electron chi connectivity index (χ0n) is 14.5. The van der Waals surface area contributed by atoms with Crippen molar-refractivity contribution in [2.45, 2.75) is 19.5 Å². The first-order chi connectivity index (χ1) is 12.2. The smallest absolute Gasteiger partial charge is 0.126 e. The van der Waals surface area contributed by atoms with Crippen molar-refractivity contribution in [1.82, 2.24) is 5.32 Å². The molecule has 0 radical (unpaired) electrons. The van der Waals surface area contributed by atoms with Crippen molar-refractivity contribution in [3.63, 3.8) is 0 Å². The molecule has 0 unspecified atom stereocenters. The number of methoxy groups -OCH3 is 1. The van der Waals surface area contributed by atoms with Gasteiger partial charge in [0.2, 0.25) is 0 Å². The Balaban J connectivity index is 1.78. The van der Waals surface area contributed by atoms with Gasteiger partial charge >= 0.3 is 0 Å². The Kier molecular flexibility index (Phi) is 5.75. The molecule has 3 heteroatoms. The first kappa shape index (κ1) is 17.5. The van der Waals surface area contributed by atoms with Gasteiger partial charge in [-0.3, -0.25) is 0 Å². The molecule has 0 saturated heterocycles. The van der Waals surface area contributed by atoms with Crippen molar-refractivity contribution >= 4 is 11.6 Å². The van der Waals surface area contributed by atoms with E-state index in [0.29, 0.717) is 6.04 Å². The van der Waals surface area contributed by atoms with E-state index < -0.39 is 0 Å². The maximum absolute atomic E-state index is 6.01. The Labute approximate surface area is 154 Å². The van der Waals surface area contributed by atoms with E-state index in [1.54, 1.807) is 7.11 Å². The topological polar surface area (TPSA) is 21.3 Å². The summed E-state index contributed by atoms with van der Waals surface area (Å²) in [6, 6.07) is 24.9. The third-order valence-corrected chi connectivity index (χ3v) is 4.58. The van der Waals surface area contributed by atoms with E-state index in [2.05, 4.69) is 48.6 Å². The SMILES string of the molecule is COc1ccc(CN[C@H](C)c2ccccc2)cc1-c1ccc(Cl)cc1. The molecule has 0 amide bonds. The fourth-order valence-corrected chi connectivity index (χ4v) is 2.98. The Morgan fingerprint density at radius 2 is 1.68 bits per heavy atom. The molecular formula is C22H22ClNO. The van der Waals surface area contributed by atoms with Crippen LogP contribution < -0.4 is 10.1 Å². The average molecular weight is 352 g/mol. The quantitative estimate of drug-likeness (QED) is 0.600. The predicted molar refractivity (Wildman–Crippen MR) is 105 cm³/mol. The summed E-state index contributed by atoms with van der Waals surface area (Å²) in [7, 11) is 1.70. The predicted octanol–water partition coefficient (Wildman–Crippen LogP) is 5.87. The van der Waals surface area contributed by atoms with Crippen molar-refractivity contribution < 1.29 is 4.74 Å². The molecule has 0 aromatic heterocycles. The molecule has 0 aliphatic carbocycles. The number of halogens is 1. The first-order valence-corrected chi connectivity index (χ1v) is 8.76. The van der Waals surface area contributed by atoms with Crippen molar-refractivity contribution in [2.75, 3.05) is 7.11 Å². The van der Waals surface area contributed by atoms with E-state index in [1.165, 1.54) is 11.1 Å². The lowest BCUT2D eigenvalue weighted by molar-refractivity contribution is 0.416. The zero-order valence-corrected chi connectivity index (χ0v) is 15.3. The van der Waals surface area contributed by atoms with Gasteiger partial charge in [0.1, 0.15) is 5.75 Å². The van der Waals surface area contributed by atoms with Gasteiger partial charge in [-0.1, -0.05) is 60.1 Å². The molecule has 3 rings (SSSR count). The summed E-state index contributed by atoms with van der Waals surface area (Å²) < 4.78 is 5.53. The number of rotatable bonds is 6. The van der Waals surface area contributed by atoms with Gasteiger partial charge in [0.15, 0.2) is 0 Å². The molecule has 1 N–H and O–H groups in total. The largest absolute Gasteiger partial charge is 0.496 e. The molecule has 25 heavy (non-hydrogen) atoms. The monoisotopic (exact) mass is 351 g/mol. The summed E-state index contributed by atoms with van der Waals surface area (Å²) in [6.07, 6.45) is 0. The van der Waals surface area contributed by atoms with Gasteiger partial charge in [0.05, 0.1) is 7.11 Å². The van der Waals surface area contributed by atoms with E-state index >= 15 is 0 Å². The highest BCUT2D eigenvalue weighted by molar-refractivity contribution is 6.30. The summed E-state index contributed by atoms with van der Waals surface area (Å²) in [5.41, 5.74) is 4.67. The van der Waals surface area contributed by atoms with Crippen LogP contribution >= 0.6 is 11.6 Å². The lowest BCUT2D eigenvalue weighted by Gasteiger charge is -2.16. The van der Waals surface area contributed by atoms with Crippen LogP contribution in [-0.2, 0) is 6.54 Å². The van der Waals surface area contributed by atoms with E-state index in [-0.39, 0.29) is 0 Å². The van der Waals surface area contributed by atoms with Gasteiger partial charge in [0.25, 0.3) is 0 Å². The van der Waals surface area contributed by atoms with Gasteiger partial charge in [-0.2, -0.15) is 0 Å². The summed E-state index contributed by atoms with van der Waals surface area (Å²) >= 11 is 6.01. The maximum atomic E-state index is 6.01. The lowest BCUT2D eigenvalue weighted by atomic mass is 10.0. The molecule has 0 spiro atoms. The zero-order chi connectivity index (χ0) is 17.6. The van der Waals surface area contributed by atoms with Crippen LogP contribution in [-0.4, -0.2) is 7.11 Å². The molecular weight excluding hydrogens is 330 g/mol. The molecule has 0 bridgehead atoms. The lowest BCUT2D eigenvalue weighted by Crippen LogP contribution is -2.18. The summed E-state index contributed by atoms with van der Waals surface area (Å²) in [5.74, 6) is 0.863. The fraction of sp³-hybridized carbons (Fsp3) is 0.182. The highest BCUT2D eigenvalue weighted by Gasteiger charge is 2.09. The summed E-state index contributed by atoms with van der Waals surface area (Å²) in [6.45, 7) is 2.97. The van der Waals surface area contributed by atoms with Crippen LogP contribution in [0.15, 0.2) is 72.8 Å². The van der Waals surface area contributed by atoms with E-state index in [1.807, 2.05) is 36.4 Å². The average Bonchev–Trinajstić information content (AvgIpc) is 2.67. The molecule has 0 heterocycles. The van der Waals surface area contributed by atoms with E-state index in [4.69, 9.17) is 16.3 Å². The molecule has 0 aliphatic heterocycles. The second-order valence-electron chi connectivity index (χ2n) is 6.05. The Bertz CT molecular complexity index is 815. The molecule has 3 aromatic rings. The number of hydrogen-bond acceptors (Lipinski definition) is 2. The first-order valence-electron chi connectivity index (χ1n) is 8.38. The fourth-order valence-electron chi connectivity index (χ4n) is 2.85. The van der Waals surface area contributed by atoms with Gasteiger partial charge in [0, 0.05) is 23.2 Å². The van der Waals surface area contributed by atoms with E-state index in [0.717, 1.165) is 28.4 Å². The van der Waals surface area contributed by atoms with Gasteiger partial charge in [-0.05, 0) is 47.9 Å². The van der Waals surface area contributed by atoms with Crippen LogP contribution in [0.3, 0.4) is 0 Å². The number of ether oxygens (including phenoxy) is 1. The van der Waals surface area contributed by atoms with Crippen LogP contribution in [0.25, 0.3) is 11.1 Å². The molecule has 2 nitrogen and oxygen atoms in total. The number of benzene rings is 3. The van der Waals surface area contributed by atoms with Crippen molar-refractivity contribution in [2.24, 2.45) is 0 Å². The van der Waals surface area contributed by atoms with Crippen molar-refractivity contribution in [3.05, 3.63) is 88.9 Å². The van der Waals surface area contributed by atoms with Crippen LogP contribution in [0.5, 0.6) is 5.75 Å². The third kappa shape index (κ3) is 4.41. The number of nitrogens with one attached hydrogen (secondary N) is 1. The minimum Gasteiger partial charge on any atom is -0.496 e. The standard InChI is InChI=1S/C22H22ClNO/c1-16(18-6-4-3-5-7-18)24-15-17-8-13-22(25-2)21(14-17)19-9-11-20(23)12-10-19/h3-14,16,24H,15H2,1-2H3/t16-/m1/s1. The highest BCUT2D eigenvalue weighted by Crippen LogP contribution is 2.31. The minimum atomic E-state index is 0.294. The van der Waals surface area contributed by atoms with Crippen LogP contribution in [0, 0.1) is 0 Å². The third-order valence-electron chi connectivity index (χ3n) is 4.33. The Hall–Kier alpha value is -2.29. The van der Waals surface area contributed by atoms with Gasteiger partial charge < -0.3 is 10.1 Å². The Morgan fingerprint density at radius 3 is 2.36 bits per heavy atom. The number of hydrogen-bond donors (Lipinski definition) is 1. The van der Waals surface area contributed by atoms with Crippen LogP contribution in [0.1, 0.15) is 24.1 Å². The molecule has 0 fully saturated rings. The maximum Gasteiger partial charge on any atom is 0.126 e. The van der Waals surface area contributed by atoms with Crippen LogP contribution in [0.4, 0.5) is 0 Å². The van der Waals surface area contributed by atoms with Crippen molar-refractivity contribution in [1.29, 1.82) is 0 Å². The summed E-state index contributed by atoms with van der Waals surface area (Å²) in [5, 5.41) is 4.31. The summed E-state index contributed by atoms with van der Waals surface area (Å²) in [4.78, 5) is 0. The second kappa shape index (κ2) is 8.19. The molecule has 0 aliphatic rings. The molecule has 128 valence electrons.